The number of hydrogen-bond donors (Lipinski definition) is 1. The van der Waals surface area contributed by atoms with Gasteiger partial charge in [-0.05, 0) is 31.2 Å². The summed E-state index contributed by atoms with van der Waals surface area (Å²) in [6.07, 6.45) is 0.311. The van der Waals surface area contributed by atoms with Crippen molar-refractivity contribution in [3.8, 4) is 17.9 Å². The molecule has 0 aliphatic rings. The topological polar surface area (TPSA) is 104 Å². The molecule has 0 radical (unpaired) electrons. The zero-order valence-electron chi connectivity index (χ0n) is 12.6. The average Bonchev–Trinajstić information content (AvgIpc) is 2.90. The normalized spacial score (nSPS) is 9.70. The predicted octanol–water partition coefficient (Wildman–Crippen LogP) is 1.99. The van der Waals surface area contributed by atoms with Crippen molar-refractivity contribution in [1.82, 2.24) is 9.78 Å². The molecule has 0 bridgehead atoms. The van der Waals surface area contributed by atoms with Gasteiger partial charge in [-0.2, -0.15) is 15.6 Å². The number of carbonyl (C=O) groups is 1. The van der Waals surface area contributed by atoms with Gasteiger partial charge in [0.25, 0.3) is 5.91 Å². The fourth-order valence-corrected chi connectivity index (χ4v) is 1.93. The van der Waals surface area contributed by atoms with Gasteiger partial charge >= 0.3 is 0 Å². The largest absolute Gasteiger partial charge is 0.484 e. The maximum absolute atomic E-state index is 11.9. The van der Waals surface area contributed by atoms with Crippen molar-refractivity contribution in [2.24, 2.45) is 0 Å². The minimum Gasteiger partial charge on any atom is -0.484 e. The first kappa shape index (κ1) is 16.1. The molecule has 0 aliphatic heterocycles. The van der Waals surface area contributed by atoms with Crippen LogP contribution in [-0.2, 0) is 11.3 Å². The van der Waals surface area contributed by atoms with Gasteiger partial charge < -0.3 is 10.1 Å². The van der Waals surface area contributed by atoms with Crippen LogP contribution in [0, 0.1) is 29.6 Å². The number of benzene rings is 1. The van der Waals surface area contributed by atoms with E-state index in [9.17, 15) is 4.79 Å². The smallest absolute Gasteiger partial charge is 0.263 e. The number of nitrogens with one attached hydrogen (secondary N) is 1. The van der Waals surface area contributed by atoms with Gasteiger partial charge in [-0.3, -0.25) is 4.79 Å². The van der Waals surface area contributed by atoms with Crippen LogP contribution < -0.4 is 10.1 Å². The number of hydrogen-bond acceptors (Lipinski definition) is 5. The first-order chi connectivity index (χ1) is 11.1. The summed E-state index contributed by atoms with van der Waals surface area (Å²) in [6, 6.07) is 12.3. The number of aryl methyl sites for hydroxylation is 2. The lowest BCUT2D eigenvalue weighted by molar-refractivity contribution is -0.118. The number of aromatic nitrogens is 2. The monoisotopic (exact) mass is 309 g/mol. The Kier molecular flexibility index (Phi) is 5.32. The Morgan fingerprint density at radius 3 is 2.74 bits per heavy atom. The van der Waals surface area contributed by atoms with Gasteiger partial charge in [0.1, 0.15) is 11.6 Å². The third kappa shape index (κ3) is 4.58. The molecule has 0 atom stereocenters. The van der Waals surface area contributed by atoms with Crippen LogP contribution in [0.4, 0.5) is 5.82 Å². The molecular weight excluding hydrogens is 294 g/mol. The summed E-state index contributed by atoms with van der Waals surface area (Å²) < 4.78 is 6.95. The van der Waals surface area contributed by atoms with Crippen molar-refractivity contribution in [3.63, 3.8) is 0 Å². The molecule has 1 aromatic heterocycles. The Morgan fingerprint density at radius 2 is 2.09 bits per heavy atom. The number of anilines is 1. The highest BCUT2D eigenvalue weighted by Crippen LogP contribution is 2.13. The number of carbonyl (C=O) groups excluding carboxylic acids is 1. The maximum Gasteiger partial charge on any atom is 0.263 e. The summed E-state index contributed by atoms with van der Waals surface area (Å²) in [5.41, 5.74) is 1.28. The number of nitrogens with zero attached hydrogens (tertiary/aromatic N) is 4. The van der Waals surface area contributed by atoms with Gasteiger partial charge in [0, 0.05) is 6.07 Å². The second-order valence-corrected chi connectivity index (χ2v) is 4.78. The van der Waals surface area contributed by atoms with E-state index >= 15 is 0 Å². The molecule has 1 heterocycles. The molecule has 7 heteroatoms. The second kappa shape index (κ2) is 7.62. The van der Waals surface area contributed by atoms with Crippen LogP contribution in [0.2, 0.25) is 0 Å². The van der Waals surface area contributed by atoms with Crippen LogP contribution in [0.15, 0.2) is 30.3 Å². The maximum atomic E-state index is 11.9. The molecule has 23 heavy (non-hydrogen) atoms. The van der Waals surface area contributed by atoms with Gasteiger partial charge in [-0.1, -0.05) is 0 Å². The molecule has 1 aromatic carbocycles. The quantitative estimate of drug-likeness (QED) is 0.878. The minimum absolute atomic E-state index is 0.158. The molecule has 116 valence electrons. The predicted molar refractivity (Wildman–Crippen MR) is 82.5 cm³/mol. The molecule has 0 unspecified atom stereocenters. The van der Waals surface area contributed by atoms with Crippen LogP contribution in [0.25, 0.3) is 0 Å². The van der Waals surface area contributed by atoms with Crippen molar-refractivity contribution in [1.29, 1.82) is 10.5 Å². The molecule has 1 N–H and O–H groups in total. The number of ether oxygens (including phenoxy) is 1. The van der Waals surface area contributed by atoms with Crippen molar-refractivity contribution in [3.05, 3.63) is 41.6 Å². The third-order valence-corrected chi connectivity index (χ3v) is 2.96. The Bertz CT molecular complexity index is 765. The van der Waals surface area contributed by atoms with Crippen molar-refractivity contribution < 1.29 is 9.53 Å². The van der Waals surface area contributed by atoms with Crippen molar-refractivity contribution in [2.45, 2.75) is 19.9 Å². The zero-order valence-corrected chi connectivity index (χ0v) is 12.6. The van der Waals surface area contributed by atoms with Crippen molar-refractivity contribution >= 4 is 11.7 Å². The van der Waals surface area contributed by atoms with Gasteiger partial charge in [0.2, 0.25) is 0 Å². The van der Waals surface area contributed by atoms with E-state index in [0.717, 1.165) is 5.69 Å². The van der Waals surface area contributed by atoms with Gasteiger partial charge in [0.05, 0.1) is 36.4 Å². The van der Waals surface area contributed by atoms with Gasteiger partial charge in [-0.25, -0.2) is 4.68 Å². The molecule has 0 aliphatic carbocycles. The van der Waals surface area contributed by atoms with E-state index in [2.05, 4.69) is 10.4 Å². The summed E-state index contributed by atoms with van der Waals surface area (Å²) >= 11 is 0. The molecule has 1 amide bonds. The van der Waals surface area contributed by atoms with E-state index in [4.69, 9.17) is 15.3 Å². The van der Waals surface area contributed by atoms with E-state index in [0.29, 0.717) is 30.1 Å². The lowest BCUT2D eigenvalue weighted by Crippen LogP contribution is -2.22. The standard InChI is InChI=1S/C16H15N5O2/c1-12-9-15(21(20-12)8-2-7-17)19-16(22)11-23-14-5-3-13(10-18)4-6-14/h3-6,9H,2,8,11H2,1H3,(H,19,22). The summed E-state index contributed by atoms with van der Waals surface area (Å²) in [7, 11) is 0. The van der Waals surface area contributed by atoms with Gasteiger partial charge in [0.15, 0.2) is 6.61 Å². The van der Waals surface area contributed by atoms with E-state index in [1.165, 1.54) is 0 Å². The Morgan fingerprint density at radius 1 is 1.35 bits per heavy atom. The SMILES string of the molecule is Cc1cc(NC(=O)COc2ccc(C#N)cc2)n(CCC#N)n1. The molecule has 2 aromatic rings. The summed E-state index contributed by atoms with van der Waals surface area (Å²) in [5, 5.41) is 24.3. The molecule has 2 rings (SSSR count). The van der Waals surface area contributed by atoms with E-state index in [1.54, 1.807) is 35.0 Å². The molecule has 0 spiro atoms. The first-order valence-electron chi connectivity index (χ1n) is 6.96. The number of rotatable bonds is 6. The molecular formula is C16H15N5O2. The van der Waals surface area contributed by atoms with Crippen molar-refractivity contribution in [2.75, 3.05) is 11.9 Å². The second-order valence-electron chi connectivity index (χ2n) is 4.78. The Balaban J connectivity index is 1.92. The summed E-state index contributed by atoms with van der Waals surface area (Å²) in [4.78, 5) is 11.9. The Labute approximate surface area is 133 Å². The van der Waals surface area contributed by atoms with Crippen LogP contribution in [0.5, 0.6) is 5.75 Å². The lowest BCUT2D eigenvalue weighted by Gasteiger charge is -2.09. The highest BCUT2D eigenvalue weighted by atomic mass is 16.5. The summed E-state index contributed by atoms with van der Waals surface area (Å²) in [6.45, 7) is 2.07. The molecule has 0 fully saturated rings. The van der Waals surface area contributed by atoms with E-state index in [-0.39, 0.29) is 12.5 Å². The van der Waals surface area contributed by atoms with Crippen LogP contribution in [0.1, 0.15) is 17.7 Å². The fraction of sp³-hybridized carbons (Fsp3) is 0.250. The van der Waals surface area contributed by atoms with E-state index in [1.807, 2.05) is 19.1 Å². The zero-order chi connectivity index (χ0) is 16.7. The molecule has 0 saturated carbocycles. The highest BCUT2D eigenvalue weighted by Gasteiger charge is 2.10. The van der Waals surface area contributed by atoms with Crippen LogP contribution >= 0.6 is 0 Å². The number of amides is 1. The van der Waals surface area contributed by atoms with Crippen LogP contribution in [-0.4, -0.2) is 22.3 Å². The molecule has 7 nitrogen and oxygen atoms in total. The lowest BCUT2D eigenvalue weighted by atomic mass is 10.2. The van der Waals surface area contributed by atoms with Gasteiger partial charge in [-0.15, -0.1) is 0 Å². The summed E-state index contributed by atoms with van der Waals surface area (Å²) in [5.74, 6) is 0.715. The van der Waals surface area contributed by atoms with Crippen LogP contribution in [0.3, 0.4) is 0 Å². The van der Waals surface area contributed by atoms with E-state index < -0.39 is 0 Å². The third-order valence-electron chi connectivity index (χ3n) is 2.96. The minimum atomic E-state index is -0.326. The highest BCUT2D eigenvalue weighted by molar-refractivity contribution is 5.91. The fourth-order valence-electron chi connectivity index (χ4n) is 1.93. The Hall–Kier alpha value is -3.32. The molecule has 0 saturated heterocycles. The number of nitriles is 2. The first-order valence-corrected chi connectivity index (χ1v) is 6.96. The average molecular weight is 309 g/mol.